The van der Waals surface area contributed by atoms with Gasteiger partial charge in [-0.05, 0) is 49.7 Å². The van der Waals surface area contributed by atoms with E-state index in [9.17, 15) is 9.59 Å². The number of ether oxygens (including phenoxy) is 1. The second-order valence-corrected chi connectivity index (χ2v) is 4.64. The summed E-state index contributed by atoms with van der Waals surface area (Å²) in [6, 6.07) is 10.2. The zero-order valence-electron chi connectivity index (χ0n) is 11.9. The van der Waals surface area contributed by atoms with Gasteiger partial charge in [-0.3, -0.25) is 9.59 Å². The average Bonchev–Trinajstić information content (AvgIpc) is 2.48. The summed E-state index contributed by atoms with van der Waals surface area (Å²) in [5.41, 5.74) is 1.63. The predicted molar refractivity (Wildman–Crippen MR) is 79.5 cm³/mol. The first-order valence-corrected chi connectivity index (χ1v) is 6.51. The largest absolute Gasteiger partial charge is 0.484 e. The van der Waals surface area contributed by atoms with Crippen LogP contribution in [-0.2, 0) is 4.79 Å². The van der Waals surface area contributed by atoms with Crippen LogP contribution in [0.1, 0.15) is 22.8 Å². The van der Waals surface area contributed by atoms with Crippen LogP contribution in [0.25, 0.3) is 0 Å². The fourth-order valence-electron chi connectivity index (χ4n) is 1.66. The zero-order chi connectivity index (χ0) is 15.2. The van der Waals surface area contributed by atoms with E-state index in [0.717, 1.165) is 5.56 Å². The van der Waals surface area contributed by atoms with E-state index >= 15 is 0 Å². The van der Waals surface area contributed by atoms with Crippen LogP contribution in [0, 0.1) is 6.92 Å². The van der Waals surface area contributed by atoms with Gasteiger partial charge in [-0.2, -0.15) is 0 Å². The summed E-state index contributed by atoms with van der Waals surface area (Å²) in [6.07, 6.45) is 1.68. The molecule has 0 spiro atoms. The van der Waals surface area contributed by atoms with Gasteiger partial charge in [-0.15, -0.1) is 0 Å². The summed E-state index contributed by atoms with van der Waals surface area (Å²) in [7, 11) is 0. The topological polar surface area (TPSA) is 68.3 Å². The van der Waals surface area contributed by atoms with Crippen LogP contribution >= 0.6 is 0 Å². The molecule has 0 aliphatic carbocycles. The van der Waals surface area contributed by atoms with Gasteiger partial charge >= 0.3 is 0 Å². The smallest absolute Gasteiger partial charge is 0.263 e. The normalized spacial score (nSPS) is 10.0. The predicted octanol–water partition coefficient (Wildman–Crippen LogP) is 2.61. The molecule has 1 N–H and O–H groups in total. The van der Waals surface area contributed by atoms with Crippen molar-refractivity contribution in [3.8, 4) is 5.75 Å². The Morgan fingerprint density at radius 1 is 1.14 bits per heavy atom. The van der Waals surface area contributed by atoms with Crippen LogP contribution in [0.4, 0.5) is 5.82 Å². The van der Waals surface area contributed by atoms with E-state index in [0.29, 0.717) is 17.1 Å². The number of pyridine rings is 1. The molecule has 5 nitrogen and oxygen atoms in total. The fourth-order valence-corrected chi connectivity index (χ4v) is 1.66. The number of aromatic nitrogens is 1. The van der Waals surface area contributed by atoms with Crippen molar-refractivity contribution in [3.05, 3.63) is 53.7 Å². The van der Waals surface area contributed by atoms with Crippen molar-refractivity contribution >= 4 is 17.5 Å². The molecule has 1 aromatic heterocycles. The zero-order valence-corrected chi connectivity index (χ0v) is 11.9. The quantitative estimate of drug-likeness (QED) is 0.857. The highest BCUT2D eigenvalue weighted by molar-refractivity contribution is 5.94. The maximum Gasteiger partial charge on any atom is 0.263 e. The van der Waals surface area contributed by atoms with Gasteiger partial charge in [0, 0.05) is 11.8 Å². The van der Waals surface area contributed by atoms with Crippen LogP contribution in [0.15, 0.2) is 42.6 Å². The minimum Gasteiger partial charge on any atom is -0.484 e. The highest BCUT2D eigenvalue weighted by Crippen LogP contribution is 2.12. The molecule has 2 rings (SSSR count). The van der Waals surface area contributed by atoms with Crippen molar-refractivity contribution in [1.29, 1.82) is 0 Å². The van der Waals surface area contributed by atoms with Crippen molar-refractivity contribution in [2.24, 2.45) is 0 Å². The number of nitrogens with one attached hydrogen (secondary N) is 1. The summed E-state index contributed by atoms with van der Waals surface area (Å²) >= 11 is 0. The molecule has 1 amide bonds. The number of carbonyl (C=O) groups excluding carboxylic acids is 2. The molecular weight excluding hydrogens is 268 g/mol. The van der Waals surface area contributed by atoms with E-state index in [1.807, 2.05) is 13.0 Å². The Bertz CT molecular complexity index is 634. The summed E-state index contributed by atoms with van der Waals surface area (Å²) in [5.74, 6) is 0.722. The van der Waals surface area contributed by atoms with Gasteiger partial charge in [0.15, 0.2) is 12.4 Å². The third-order valence-electron chi connectivity index (χ3n) is 2.81. The van der Waals surface area contributed by atoms with E-state index < -0.39 is 0 Å². The molecule has 5 heteroatoms. The highest BCUT2D eigenvalue weighted by atomic mass is 16.5. The Labute approximate surface area is 123 Å². The number of benzene rings is 1. The van der Waals surface area contributed by atoms with Crippen molar-refractivity contribution in [1.82, 2.24) is 4.98 Å². The monoisotopic (exact) mass is 284 g/mol. The molecular formula is C16H16N2O3. The average molecular weight is 284 g/mol. The first kappa shape index (κ1) is 14.7. The van der Waals surface area contributed by atoms with Crippen LogP contribution in [0.3, 0.4) is 0 Å². The number of hydrogen-bond donors (Lipinski definition) is 1. The number of ketones is 1. The number of Topliss-reactive ketones (excluding diaryl/α,β-unsaturated/α-hetero) is 1. The number of amides is 1. The fraction of sp³-hybridized carbons (Fsp3) is 0.188. The Balaban J connectivity index is 1.86. The third kappa shape index (κ3) is 4.42. The lowest BCUT2D eigenvalue weighted by atomic mass is 10.1. The van der Waals surface area contributed by atoms with Crippen molar-refractivity contribution in [2.45, 2.75) is 13.8 Å². The maximum absolute atomic E-state index is 11.7. The lowest BCUT2D eigenvalue weighted by molar-refractivity contribution is -0.118. The number of anilines is 1. The molecule has 1 heterocycles. The SMILES string of the molecule is CC(=O)c1ccc(OCC(=O)Nc2ccc(C)cn2)cc1. The maximum atomic E-state index is 11.7. The Morgan fingerprint density at radius 3 is 2.43 bits per heavy atom. The van der Waals surface area contributed by atoms with Gasteiger partial charge in [0.05, 0.1) is 0 Å². The third-order valence-corrected chi connectivity index (χ3v) is 2.81. The van der Waals surface area contributed by atoms with Crippen LogP contribution < -0.4 is 10.1 Å². The van der Waals surface area contributed by atoms with Gasteiger partial charge in [0.25, 0.3) is 5.91 Å². The summed E-state index contributed by atoms with van der Waals surface area (Å²) < 4.78 is 5.35. The van der Waals surface area contributed by atoms with E-state index in [1.54, 1.807) is 36.5 Å². The van der Waals surface area contributed by atoms with Gasteiger partial charge in [0.2, 0.25) is 0 Å². The van der Waals surface area contributed by atoms with Crippen molar-refractivity contribution in [3.63, 3.8) is 0 Å². The second-order valence-electron chi connectivity index (χ2n) is 4.64. The molecule has 0 saturated heterocycles. The minimum atomic E-state index is -0.290. The van der Waals surface area contributed by atoms with E-state index in [2.05, 4.69) is 10.3 Å². The molecule has 0 unspecified atom stereocenters. The van der Waals surface area contributed by atoms with Gasteiger partial charge < -0.3 is 10.1 Å². The Hall–Kier alpha value is -2.69. The second kappa shape index (κ2) is 6.65. The highest BCUT2D eigenvalue weighted by Gasteiger charge is 2.05. The molecule has 0 saturated carbocycles. The van der Waals surface area contributed by atoms with E-state index in [4.69, 9.17) is 4.74 Å². The Morgan fingerprint density at radius 2 is 1.86 bits per heavy atom. The van der Waals surface area contributed by atoms with Gasteiger partial charge in [0.1, 0.15) is 11.6 Å². The first-order chi connectivity index (χ1) is 10.0. The standard InChI is InChI=1S/C16H16N2O3/c1-11-3-8-15(17-9-11)18-16(20)10-21-14-6-4-13(5-7-14)12(2)19/h3-9H,10H2,1-2H3,(H,17,18,20). The molecule has 0 atom stereocenters. The van der Waals surface area contributed by atoms with Gasteiger partial charge in [-0.25, -0.2) is 4.98 Å². The summed E-state index contributed by atoms with van der Waals surface area (Å²) in [4.78, 5) is 26.9. The lowest BCUT2D eigenvalue weighted by Crippen LogP contribution is -2.20. The molecule has 0 bridgehead atoms. The van der Waals surface area contributed by atoms with Crippen LogP contribution in [0.5, 0.6) is 5.75 Å². The first-order valence-electron chi connectivity index (χ1n) is 6.51. The van der Waals surface area contributed by atoms with E-state index in [-0.39, 0.29) is 18.3 Å². The molecule has 0 fully saturated rings. The Kier molecular flexibility index (Phi) is 4.66. The molecule has 2 aromatic rings. The van der Waals surface area contributed by atoms with Crippen molar-refractivity contribution in [2.75, 3.05) is 11.9 Å². The van der Waals surface area contributed by atoms with Crippen LogP contribution in [0.2, 0.25) is 0 Å². The molecule has 0 aliphatic rings. The molecule has 108 valence electrons. The summed E-state index contributed by atoms with van der Waals surface area (Å²) in [5, 5.41) is 2.64. The lowest BCUT2D eigenvalue weighted by Gasteiger charge is -2.07. The molecule has 0 aliphatic heterocycles. The van der Waals surface area contributed by atoms with Crippen LogP contribution in [-0.4, -0.2) is 23.3 Å². The molecule has 1 aromatic carbocycles. The number of aryl methyl sites for hydroxylation is 1. The summed E-state index contributed by atoms with van der Waals surface area (Å²) in [6.45, 7) is 3.30. The molecule has 0 radical (unpaired) electrons. The minimum absolute atomic E-state index is 0.00950. The van der Waals surface area contributed by atoms with E-state index in [1.165, 1.54) is 6.92 Å². The van der Waals surface area contributed by atoms with Crippen molar-refractivity contribution < 1.29 is 14.3 Å². The number of rotatable bonds is 5. The molecule has 21 heavy (non-hydrogen) atoms. The van der Waals surface area contributed by atoms with Gasteiger partial charge in [-0.1, -0.05) is 6.07 Å². The number of nitrogens with zero attached hydrogens (tertiary/aromatic N) is 1. The number of hydrogen-bond acceptors (Lipinski definition) is 4. The number of carbonyl (C=O) groups is 2.